The normalized spacial score (nSPS) is 11.2. The first-order chi connectivity index (χ1) is 8.31. The van der Waals surface area contributed by atoms with Crippen LogP contribution in [0, 0.1) is 0 Å². The van der Waals surface area contributed by atoms with Crippen molar-refractivity contribution in [3.05, 3.63) is 48.3 Å². The van der Waals surface area contributed by atoms with Crippen LogP contribution in [0.4, 0.5) is 0 Å². The Hall–Kier alpha value is -2.43. The van der Waals surface area contributed by atoms with Crippen molar-refractivity contribution >= 4 is 5.84 Å². The number of nitrogens with one attached hydrogen (secondary N) is 1. The number of nitrogens with zero attached hydrogens (tertiary/aromatic N) is 3. The fraction of sp³-hybridized carbons (Fsp3) is 0.0833. The standard InChI is InChI=1S/C12H13N5/c1-14-17-11(13)10-7-15-12(16-8-10)9-5-3-2-4-6-9/h2-8,14H,1H3,(H2,13,17). The number of hydrogen-bond acceptors (Lipinski definition) is 4. The Morgan fingerprint density at radius 3 is 2.41 bits per heavy atom. The zero-order chi connectivity index (χ0) is 12.1. The van der Waals surface area contributed by atoms with Gasteiger partial charge in [-0.3, -0.25) is 0 Å². The predicted octanol–water partition coefficient (Wildman–Crippen LogP) is 0.983. The van der Waals surface area contributed by atoms with E-state index in [2.05, 4.69) is 20.5 Å². The molecule has 0 radical (unpaired) electrons. The van der Waals surface area contributed by atoms with E-state index in [0.717, 1.165) is 5.56 Å². The molecule has 2 rings (SSSR count). The van der Waals surface area contributed by atoms with Crippen LogP contribution >= 0.6 is 0 Å². The van der Waals surface area contributed by atoms with Crippen molar-refractivity contribution in [2.24, 2.45) is 10.8 Å². The number of aromatic nitrogens is 2. The topological polar surface area (TPSA) is 76.2 Å². The molecule has 0 fully saturated rings. The summed E-state index contributed by atoms with van der Waals surface area (Å²) in [5.41, 5.74) is 9.99. The van der Waals surface area contributed by atoms with Gasteiger partial charge < -0.3 is 11.2 Å². The van der Waals surface area contributed by atoms with Crippen molar-refractivity contribution in [3.63, 3.8) is 0 Å². The number of benzene rings is 1. The van der Waals surface area contributed by atoms with Crippen molar-refractivity contribution in [1.29, 1.82) is 0 Å². The first kappa shape index (κ1) is 11.1. The van der Waals surface area contributed by atoms with Gasteiger partial charge in [-0.1, -0.05) is 30.3 Å². The van der Waals surface area contributed by atoms with Gasteiger partial charge in [0.05, 0.1) is 5.56 Å². The van der Waals surface area contributed by atoms with Gasteiger partial charge in [0, 0.05) is 25.0 Å². The van der Waals surface area contributed by atoms with E-state index >= 15 is 0 Å². The number of amidine groups is 1. The molecule has 0 saturated carbocycles. The van der Waals surface area contributed by atoms with Crippen LogP contribution in [-0.2, 0) is 0 Å². The van der Waals surface area contributed by atoms with Crippen LogP contribution < -0.4 is 11.2 Å². The van der Waals surface area contributed by atoms with Crippen molar-refractivity contribution in [3.8, 4) is 11.4 Å². The lowest BCUT2D eigenvalue weighted by molar-refractivity contribution is 0.897. The SMILES string of the molecule is CN/N=C(\N)c1cnc(-c2ccccc2)nc1. The highest BCUT2D eigenvalue weighted by atomic mass is 15.3. The van der Waals surface area contributed by atoms with Crippen LogP contribution in [0.5, 0.6) is 0 Å². The Morgan fingerprint density at radius 2 is 1.82 bits per heavy atom. The van der Waals surface area contributed by atoms with Crippen molar-refractivity contribution < 1.29 is 0 Å². The second-order valence-electron chi connectivity index (χ2n) is 3.38. The third-order valence-corrected chi connectivity index (χ3v) is 2.21. The average Bonchev–Trinajstić information content (AvgIpc) is 2.40. The predicted molar refractivity (Wildman–Crippen MR) is 67.3 cm³/mol. The molecule has 3 N–H and O–H groups in total. The molecule has 0 aliphatic carbocycles. The molecule has 1 aromatic heterocycles. The molecule has 0 aliphatic heterocycles. The molecule has 5 heteroatoms. The molecule has 86 valence electrons. The fourth-order valence-electron chi connectivity index (χ4n) is 1.38. The lowest BCUT2D eigenvalue weighted by Crippen LogP contribution is -2.17. The van der Waals surface area contributed by atoms with E-state index in [1.165, 1.54) is 0 Å². The molecule has 0 bridgehead atoms. The third kappa shape index (κ3) is 2.57. The van der Waals surface area contributed by atoms with E-state index in [1.54, 1.807) is 19.4 Å². The van der Waals surface area contributed by atoms with E-state index in [1.807, 2.05) is 30.3 Å². The number of nitrogens with two attached hydrogens (primary N) is 1. The van der Waals surface area contributed by atoms with Crippen LogP contribution in [0.1, 0.15) is 5.56 Å². The summed E-state index contributed by atoms with van der Waals surface area (Å²) >= 11 is 0. The van der Waals surface area contributed by atoms with E-state index in [9.17, 15) is 0 Å². The lowest BCUT2D eigenvalue weighted by Gasteiger charge is -2.02. The monoisotopic (exact) mass is 227 g/mol. The first-order valence-electron chi connectivity index (χ1n) is 5.19. The van der Waals surface area contributed by atoms with E-state index in [0.29, 0.717) is 17.2 Å². The van der Waals surface area contributed by atoms with Crippen molar-refractivity contribution in [2.75, 3.05) is 7.05 Å². The highest BCUT2D eigenvalue weighted by molar-refractivity contribution is 5.96. The van der Waals surface area contributed by atoms with Gasteiger partial charge in [-0.2, -0.15) is 5.10 Å². The molecule has 1 aromatic carbocycles. The summed E-state index contributed by atoms with van der Waals surface area (Å²) in [6, 6.07) is 9.77. The molecule has 5 nitrogen and oxygen atoms in total. The quantitative estimate of drug-likeness (QED) is 0.465. The molecule has 0 unspecified atom stereocenters. The Balaban J connectivity index is 2.28. The van der Waals surface area contributed by atoms with Crippen molar-refractivity contribution in [1.82, 2.24) is 15.4 Å². The van der Waals surface area contributed by atoms with Gasteiger partial charge in [-0.05, 0) is 0 Å². The summed E-state index contributed by atoms with van der Waals surface area (Å²) in [6.45, 7) is 0. The Bertz CT molecular complexity index is 504. The Labute approximate surface area is 99.4 Å². The van der Waals surface area contributed by atoms with Crippen LogP contribution in [0.2, 0.25) is 0 Å². The summed E-state index contributed by atoms with van der Waals surface area (Å²) in [5.74, 6) is 1.04. The Kier molecular flexibility index (Phi) is 3.30. The van der Waals surface area contributed by atoms with Gasteiger partial charge >= 0.3 is 0 Å². The molecule has 0 atom stereocenters. The zero-order valence-electron chi connectivity index (χ0n) is 9.46. The first-order valence-corrected chi connectivity index (χ1v) is 5.19. The van der Waals surface area contributed by atoms with Gasteiger partial charge in [0.15, 0.2) is 11.7 Å². The molecular weight excluding hydrogens is 214 g/mol. The highest BCUT2D eigenvalue weighted by Crippen LogP contribution is 2.12. The average molecular weight is 227 g/mol. The summed E-state index contributed by atoms with van der Waals surface area (Å²) in [5, 5.41) is 3.86. The molecule has 1 heterocycles. The minimum absolute atomic E-state index is 0.368. The van der Waals surface area contributed by atoms with E-state index in [4.69, 9.17) is 5.73 Å². The maximum atomic E-state index is 5.70. The fourth-order valence-corrected chi connectivity index (χ4v) is 1.38. The minimum atomic E-state index is 0.368. The number of hydrogen-bond donors (Lipinski definition) is 2. The Morgan fingerprint density at radius 1 is 1.18 bits per heavy atom. The van der Waals surface area contributed by atoms with Gasteiger partial charge in [-0.15, -0.1) is 0 Å². The van der Waals surface area contributed by atoms with Crippen LogP contribution in [0.3, 0.4) is 0 Å². The molecule has 0 amide bonds. The van der Waals surface area contributed by atoms with Gasteiger partial charge in [-0.25, -0.2) is 9.97 Å². The van der Waals surface area contributed by atoms with Crippen LogP contribution in [0.25, 0.3) is 11.4 Å². The van der Waals surface area contributed by atoms with Gasteiger partial charge in [0.1, 0.15) is 0 Å². The number of hydrazone groups is 1. The second kappa shape index (κ2) is 5.07. The largest absolute Gasteiger partial charge is 0.382 e. The maximum absolute atomic E-state index is 5.70. The summed E-state index contributed by atoms with van der Waals surface area (Å²) < 4.78 is 0. The smallest absolute Gasteiger partial charge is 0.159 e. The summed E-state index contributed by atoms with van der Waals surface area (Å²) in [4.78, 5) is 8.51. The summed E-state index contributed by atoms with van der Waals surface area (Å²) in [6.07, 6.45) is 3.32. The maximum Gasteiger partial charge on any atom is 0.159 e. The zero-order valence-corrected chi connectivity index (χ0v) is 9.46. The van der Waals surface area contributed by atoms with Crippen molar-refractivity contribution in [2.45, 2.75) is 0 Å². The number of rotatable bonds is 3. The molecular formula is C12H13N5. The molecule has 0 saturated heterocycles. The van der Waals surface area contributed by atoms with Gasteiger partial charge in [0.2, 0.25) is 0 Å². The third-order valence-electron chi connectivity index (χ3n) is 2.21. The molecule has 17 heavy (non-hydrogen) atoms. The van der Waals surface area contributed by atoms with Crippen LogP contribution in [-0.4, -0.2) is 22.9 Å². The molecule has 0 aliphatic rings. The minimum Gasteiger partial charge on any atom is -0.382 e. The van der Waals surface area contributed by atoms with E-state index in [-0.39, 0.29) is 0 Å². The second-order valence-corrected chi connectivity index (χ2v) is 3.38. The molecule has 0 spiro atoms. The highest BCUT2D eigenvalue weighted by Gasteiger charge is 2.02. The van der Waals surface area contributed by atoms with E-state index < -0.39 is 0 Å². The lowest BCUT2D eigenvalue weighted by atomic mass is 10.2. The summed E-state index contributed by atoms with van der Waals surface area (Å²) in [7, 11) is 1.69. The van der Waals surface area contributed by atoms with Gasteiger partial charge in [0.25, 0.3) is 0 Å². The molecule has 2 aromatic rings. The van der Waals surface area contributed by atoms with Crippen LogP contribution in [0.15, 0.2) is 47.8 Å².